The van der Waals surface area contributed by atoms with E-state index in [4.69, 9.17) is 0 Å². The highest BCUT2D eigenvalue weighted by Gasteiger charge is 2.23. The average Bonchev–Trinajstić information content (AvgIpc) is 2.73. The molecule has 5 heteroatoms. The molecule has 4 nitrogen and oxygen atoms in total. The number of benzene rings is 1. The Balaban J connectivity index is 1.99. The number of hydrogen-bond donors (Lipinski definition) is 1. The Morgan fingerprint density at radius 1 is 1.50 bits per heavy atom. The van der Waals surface area contributed by atoms with E-state index in [9.17, 15) is 10.1 Å². The van der Waals surface area contributed by atoms with Crippen LogP contribution < -0.4 is 5.32 Å². The van der Waals surface area contributed by atoms with Crippen molar-refractivity contribution in [2.45, 2.75) is 26.2 Å². The van der Waals surface area contributed by atoms with Gasteiger partial charge in [0.05, 0.1) is 4.92 Å². The predicted octanol–water partition coefficient (Wildman–Crippen LogP) is 4.05. The Kier molecular flexibility index (Phi) is 4.42. The second kappa shape index (κ2) is 5.86. The van der Waals surface area contributed by atoms with E-state index in [-0.39, 0.29) is 10.6 Å². The Morgan fingerprint density at radius 2 is 2.28 bits per heavy atom. The van der Waals surface area contributed by atoms with Crippen molar-refractivity contribution in [1.82, 2.24) is 0 Å². The Bertz CT molecular complexity index is 451. The van der Waals surface area contributed by atoms with Crippen LogP contribution in [0.1, 0.15) is 26.2 Å². The van der Waals surface area contributed by atoms with Gasteiger partial charge in [-0.1, -0.05) is 19.8 Å². The SMILES string of the molecule is CC1CCCC1CNc1ccc([N+](=O)[O-])cc1I. The van der Waals surface area contributed by atoms with Crippen LogP contribution in [0.5, 0.6) is 0 Å². The summed E-state index contributed by atoms with van der Waals surface area (Å²) in [5.74, 6) is 1.52. The molecule has 0 radical (unpaired) electrons. The van der Waals surface area contributed by atoms with Crippen molar-refractivity contribution in [2.75, 3.05) is 11.9 Å². The molecule has 0 bridgehead atoms. The number of nitro groups is 1. The molecule has 0 spiro atoms. The van der Waals surface area contributed by atoms with Crippen LogP contribution in [0.3, 0.4) is 0 Å². The zero-order valence-corrected chi connectivity index (χ0v) is 12.5. The second-order valence-corrected chi connectivity index (χ2v) is 6.13. The molecule has 2 atom stereocenters. The zero-order chi connectivity index (χ0) is 13.1. The number of nitro benzene ring substituents is 1. The Hall–Kier alpha value is -0.850. The maximum atomic E-state index is 10.7. The summed E-state index contributed by atoms with van der Waals surface area (Å²) >= 11 is 2.14. The van der Waals surface area contributed by atoms with Crippen LogP contribution in [-0.4, -0.2) is 11.5 Å². The topological polar surface area (TPSA) is 55.2 Å². The summed E-state index contributed by atoms with van der Waals surface area (Å²) in [5, 5.41) is 14.1. The summed E-state index contributed by atoms with van der Waals surface area (Å²) in [6.45, 7) is 3.27. The van der Waals surface area contributed by atoms with E-state index in [1.807, 2.05) is 0 Å². The molecule has 0 saturated heterocycles. The number of non-ortho nitro benzene ring substituents is 1. The van der Waals surface area contributed by atoms with E-state index in [0.717, 1.165) is 27.6 Å². The van der Waals surface area contributed by atoms with Gasteiger partial charge in [0.2, 0.25) is 0 Å². The first kappa shape index (κ1) is 13.6. The predicted molar refractivity (Wildman–Crippen MR) is 80.8 cm³/mol. The summed E-state index contributed by atoms with van der Waals surface area (Å²) in [7, 11) is 0. The van der Waals surface area contributed by atoms with Gasteiger partial charge in [-0.05, 0) is 46.9 Å². The minimum Gasteiger partial charge on any atom is -0.384 e. The molecule has 18 heavy (non-hydrogen) atoms. The maximum Gasteiger partial charge on any atom is 0.270 e. The quantitative estimate of drug-likeness (QED) is 0.501. The summed E-state index contributed by atoms with van der Waals surface area (Å²) in [6, 6.07) is 4.98. The fourth-order valence-electron chi connectivity index (χ4n) is 2.53. The van der Waals surface area contributed by atoms with Crippen molar-refractivity contribution < 1.29 is 4.92 Å². The number of anilines is 1. The number of hydrogen-bond acceptors (Lipinski definition) is 3. The van der Waals surface area contributed by atoms with Gasteiger partial charge in [-0.2, -0.15) is 0 Å². The van der Waals surface area contributed by atoms with E-state index in [2.05, 4.69) is 34.8 Å². The maximum absolute atomic E-state index is 10.7. The average molecular weight is 360 g/mol. The van der Waals surface area contributed by atoms with Crippen molar-refractivity contribution in [3.63, 3.8) is 0 Å². The van der Waals surface area contributed by atoms with Crippen molar-refractivity contribution in [1.29, 1.82) is 0 Å². The number of nitrogens with zero attached hydrogens (tertiary/aromatic N) is 1. The first-order valence-corrected chi connectivity index (χ1v) is 7.33. The summed E-state index contributed by atoms with van der Waals surface area (Å²) in [4.78, 5) is 10.3. The van der Waals surface area contributed by atoms with Gasteiger partial charge in [-0.15, -0.1) is 0 Å². The lowest BCUT2D eigenvalue weighted by Gasteiger charge is -2.17. The van der Waals surface area contributed by atoms with Gasteiger partial charge in [-0.3, -0.25) is 10.1 Å². The molecule has 0 amide bonds. The van der Waals surface area contributed by atoms with Crippen LogP contribution in [0.4, 0.5) is 11.4 Å². The molecule has 0 aromatic heterocycles. The molecule has 2 unspecified atom stereocenters. The van der Waals surface area contributed by atoms with Gasteiger partial charge in [0.25, 0.3) is 5.69 Å². The van der Waals surface area contributed by atoms with Crippen LogP contribution >= 0.6 is 22.6 Å². The van der Waals surface area contributed by atoms with E-state index < -0.39 is 0 Å². The standard InChI is InChI=1S/C13H17IN2O2/c1-9-3-2-4-10(9)8-15-13-6-5-11(16(17)18)7-12(13)14/h5-7,9-10,15H,2-4,8H2,1H3. The van der Waals surface area contributed by atoms with E-state index >= 15 is 0 Å². The van der Waals surface area contributed by atoms with Gasteiger partial charge in [0.1, 0.15) is 0 Å². The minimum absolute atomic E-state index is 0.152. The molecule has 1 saturated carbocycles. The number of halogens is 1. The zero-order valence-electron chi connectivity index (χ0n) is 10.4. The molecule has 0 aliphatic heterocycles. The molecular formula is C13H17IN2O2. The van der Waals surface area contributed by atoms with Gasteiger partial charge >= 0.3 is 0 Å². The van der Waals surface area contributed by atoms with Crippen LogP contribution in [-0.2, 0) is 0 Å². The molecule has 1 aliphatic rings. The van der Waals surface area contributed by atoms with Crippen LogP contribution in [0.15, 0.2) is 18.2 Å². The van der Waals surface area contributed by atoms with E-state index in [1.165, 1.54) is 19.3 Å². The highest BCUT2D eigenvalue weighted by molar-refractivity contribution is 14.1. The monoisotopic (exact) mass is 360 g/mol. The van der Waals surface area contributed by atoms with Crippen molar-refractivity contribution in [2.24, 2.45) is 11.8 Å². The number of nitrogens with one attached hydrogen (secondary N) is 1. The second-order valence-electron chi connectivity index (χ2n) is 4.97. The third kappa shape index (κ3) is 3.13. The summed E-state index contributed by atoms with van der Waals surface area (Å²) < 4.78 is 0.910. The van der Waals surface area contributed by atoms with Gasteiger partial charge in [0, 0.05) is 27.9 Å². The van der Waals surface area contributed by atoms with Gasteiger partial charge in [0.15, 0.2) is 0 Å². The third-order valence-corrected chi connectivity index (χ3v) is 4.65. The Labute approximate surface area is 120 Å². The molecule has 1 aromatic rings. The molecule has 1 N–H and O–H groups in total. The van der Waals surface area contributed by atoms with Gasteiger partial charge < -0.3 is 5.32 Å². The highest BCUT2D eigenvalue weighted by atomic mass is 127. The molecule has 1 aromatic carbocycles. The normalized spacial score (nSPS) is 23.0. The van der Waals surface area contributed by atoms with Gasteiger partial charge in [-0.25, -0.2) is 0 Å². The fourth-order valence-corrected chi connectivity index (χ4v) is 3.22. The molecule has 0 heterocycles. The lowest BCUT2D eigenvalue weighted by molar-refractivity contribution is -0.384. The van der Waals surface area contributed by atoms with E-state index in [0.29, 0.717) is 0 Å². The molecular weight excluding hydrogens is 343 g/mol. The first-order chi connectivity index (χ1) is 8.58. The molecule has 1 fully saturated rings. The summed E-state index contributed by atoms with van der Waals surface area (Å²) in [5.41, 5.74) is 1.15. The minimum atomic E-state index is -0.356. The lowest BCUT2D eigenvalue weighted by atomic mass is 9.98. The third-order valence-electron chi connectivity index (χ3n) is 3.76. The molecule has 2 rings (SSSR count). The molecule has 98 valence electrons. The van der Waals surface area contributed by atoms with Crippen molar-refractivity contribution in [3.8, 4) is 0 Å². The Morgan fingerprint density at radius 3 is 2.83 bits per heavy atom. The smallest absolute Gasteiger partial charge is 0.270 e. The lowest BCUT2D eigenvalue weighted by Crippen LogP contribution is -2.16. The largest absolute Gasteiger partial charge is 0.384 e. The van der Waals surface area contributed by atoms with Crippen LogP contribution in [0, 0.1) is 25.5 Å². The molecule has 1 aliphatic carbocycles. The number of rotatable bonds is 4. The fraction of sp³-hybridized carbons (Fsp3) is 0.538. The van der Waals surface area contributed by atoms with E-state index in [1.54, 1.807) is 18.2 Å². The summed E-state index contributed by atoms with van der Waals surface area (Å²) in [6.07, 6.45) is 3.94. The first-order valence-electron chi connectivity index (χ1n) is 6.25. The van der Waals surface area contributed by atoms with Crippen LogP contribution in [0.2, 0.25) is 0 Å². The van der Waals surface area contributed by atoms with Crippen molar-refractivity contribution in [3.05, 3.63) is 31.9 Å². The van der Waals surface area contributed by atoms with Crippen molar-refractivity contribution >= 4 is 34.0 Å². The highest BCUT2D eigenvalue weighted by Crippen LogP contribution is 2.32. The van der Waals surface area contributed by atoms with Crippen LogP contribution in [0.25, 0.3) is 0 Å².